The number of nitrogens with two attached hydrogens (primary N) is 1. The molecule has 0 aliphatic carbocycles. The maximum Gasteiger partial charge on any atom is 0.409 e. The number of halogens is 3. The van der Waals surface area contributed by atoms with Crippen LogP contribution in [-0.2, 0) is 4.79 Å². The number of aliphatic carboxylic acids is 1. The van der Waals surface area contributed by atoms with E-state index in [1.165, 1.54) is 0 Å². The minimum Gasteiger partial charge on any atom is -0.480 e. The monoisotopic (exact) mass is 169 g/mol. The minimum absolute atomic E-state index is 0.203. The fourth-order valence-electron chi connectivity index (χ4n) is 0.295. The van der Waals surface area contributed by atoms with Gasteiger partial charge in [-0.1, -0.05) is 6.08 Å². The van der Waals surface area contributed by atoms with E-state index >= 15 is 0 Å². The second-order valence-electron chi connectivity index (χ2n) is 1.76. The molecule has 11 heavy (non-hydrogen) atoms. The molecular weight excluding hydrogens is 163 g/mol. The van der Waals surface area contributed by atoms with Crippen molar-refractivity contribution in [2.24, 2.45) is 5.73 Å². The van der Waals surface area contributed by atoms with Crippen molar-refractivity contribution < 1.29 is 23.1 Å². The summed E-state index contributed by atoms with van der Waals surface area (Å²) in [5.74, 6) is -1.49. The lowest BCUT2D eigenvalue weighted by atomic mass is 10.3. The number of hydrogen-bond donors (Lipinski definition) is 2. The van der Waals surface area contributed by atoms with E-state index in [-0.39, 0.29) is 6.08 Å². The maximum atomic E-state index is 11.3. The third-order valence-electron chi connectivity index (χ3n) is 0.778. The zero-order chi connectivity index (χ0) is 9.07. The minimum atomic E-state index is -4.51. The summed E-state index contributed by atoms with van der Waals surface area (Å²) in [7, 11) is 0. The van der Waals surface area contributed by atoms with Gasteiger partial charge in [-0.2, -0.15) is 13.2 Å². The number of alkyl halides is 3. The van der Waals surface area contributed by atoms with E-state index in [9.17, 15) is 18.0 Å². The summed E-state index contributed by atoms with van der Waals surface area (Å²) in [4.78, 5) is 9.87. The van der Waals surface area contributed by atoms with Gasteiger partial charge in [0.2, 0.25) is 0 Å². The third kappa shape index (κ3) is 5.41. The molecule has 0 heterocycles. The van der Waals surface area contributed by atoms with Gasteiger partial charge in [-0.25, -0.2) is 0 Å². The molecule has 0 fully saturated rings. The Kier molecular flexibility index (Phi) is 3.06. The molecular formula is C5H6F3NO2. The van der Waals surface area contributed by atoms with Crippen LogP contribution in [0.3, 0.4) is 0 Å². The molecule has 0 saturated heterocycles. The van der Waals surface area contributed by atoms with E-state index in [0.29, 0.717) is 6.08 Å². The molecule has 0 aromatic heterocycles. The van der Waals surface area contributed by atoms with Crippen LogP contribution >= 0.6 is 0 Å². The van der Waals surface area contributed by atoms with Crippen LogP contribution in [0.5, 0.6) is 0 Å². The lowest BCUT2D eigenvalue weighted by Gasteiger charge is -2.00. The molecule has 0 aromatic carbocycles. The quantitative estimate of drug-likeness (QED) is 0.592. The maximum absolute atomic E-state index is 11.3. The van der Waals surface area contributed by atoms with Crippen LogP contribution in [0.15, 0.2) is 12.2 Å². The summed E-state index contributed by atoms with van der Waals surface area (Å²) in [5.41, 5.74) is 4.74. The first-order valence-corrected chi connectivity index (χ1v) is 2.57. The molecule has 0 radical (unpaired) electrons. The molecule has 3 N–H and O–H groups in total. The van der Waals surface area contributed by atoms with Crippen molar-refractivity contribution in [3.8, 4) is 0 Å². The van der Waals surface area contributed by atoms with E-state index in [0.717, 1.165) is 0 Å². The zero-order valence-electron chi connectivity index (χ0n) is 5.30. The van der Waals surface area contributed by atoms with E-state index < -0.39 is 18.2 Å². The molecule has 64 valence electrons. The molecule has 0 saturated carbocycles. The topological polar surface area (TPSA) is 63.3 Å². The highest BCUT2D eigenvalue weighted by Crippen LogP contribution is 2.15. The summed E-state index contributed by atoms with van der Waals surface area (Å²) >= 11 is 0. The number of carbonyl (C=O) groups is 1. The Morgan fingerprint density at radius 1 is 1.55 bits per heavy atom. The average Bonchev–Trinajstić information content (AvgIpc) is 1.80. The number of hydrogen-bond acceptors (Lipinski definition) is 2. The van der Waals surface area contributed by atoms with Crippen molar-refractivity contribution >= 4 is 5.97 Å². The summed E-state index contributed by atoms with van der Waals surface area (Å²) in [5, 5.41) is 8.04. The second kappa shape index (κ2) is 3.38. The SMILES string of the molecule is N[C@@H](C=CC(F)(F)F)C(=O)O. The third-order valence-corrected chi connectivity index (χ3v) is 0.778. The van der Waals surface area contributed by atoms with Gasteiger partial charge in [0.15, 0.2) is 0 Å². The molecule has 0 spiro atoms. The average molecular weight is 169 g/mol. The van der Waals surface area contributed by atoms with Gasteiger partial charge in [0.05, 0.1) is 0 Å². The van der Waals surface area contributed by atoms with Crippen molar-refractivity contribution in [2.45, 2.75) is 12.2 Å². The lowest BCUT2D eigenvalue weighted by molar-refractivity contribution is -0.137. The van der Waals surface area contributed by atoms with Crippen LogP contribution < -0.4 is 5.73 Å². The highest BCUT2D eigenvalue weighted by molar-refractivity contribution is 5.75. The van der Waals surface area contributed by atoms with Crippen molar-refractivity contribution in [2.75, 3.05) is 0 Å². The van der Waals surface area contributed by atoms with E-state index in [1.54, 1.807) is 0 Å². The van der Waals surface area contributed by atoms with Crippen LogP contribution in [0, 0.1) is 0 Å². The Morgan fingerprint density at radius 2 is 2.00 bits per heavy atom. The Morgan fingerprint density at radius 3 is 2.27 bits per heavy atom. The van der Waals surface area contributed by atoms with Gasteiger partial charge in [0.25, 0.3) is 0 Å². The Bertz CT molecular complexity index is 175. The molecule has 6 heteroatoms. The normalized spacial score (nSPS) is 15.3. The summed E-state index contributed by atoms with van der Waals surface area (Å²) < 4.78 is 34.0. The second-order valence-corrected chi connectivity index (χ2v) is 1.76. The first kappa shape index (κ1) is 9.96. The standard InChI is InChI=1S/C5H6F3NO2/c6-5(7,8)2-1-3(9)4(10)11/h1-3H,9H2,(H,10,11)/t3-/m0/s1. The molecule has 0 aliphatic rings. The van der Waals surface area contributed by atoms with E-state index in [2.05, 4.69) is 0 Å². The van der Waals surface area contributed by atoms with Crippen LogP contribution in [0.25, 0.3) is 0 Å². The number of carboxylic acid groups (broad SMARTS) is 1. The summed E-state index contributed by atoms with van der Waals surface area (Å²) in [6, 6.07) is -1.60. The van der Waals surface area contributed by atoms with Gasteiger partial charge in [-0.15, -0.1) is 0 Å². The first-order chi connectivity index (χ1) is 4.83. The Labute approximate surface area is 60.3 Å². The van der Waals surface area contributed by atoms with Crippen molar-refractivity contribution in [1.29, 1.82) is 0 Å². The molecule has 0 rings (SSSR count). The van der Waals surface area contributed by atoms with Crippen LogP contribution in [-0.4, -0.2) is 23.3 Å². The van der Waals surface area contributed by atoms with E-state index in [1.807, 2.05) is 0 Å². The predicted octanol–water partition coefficient (Wildman–Crippen LogP) is 0.517. The van der Waals surface area contributed by atoms with Gasteiger partial charge < -0.3 is 10.8 Å². The fraction of sp³-hybridized carbons (Fsp3) is 0.400. The largest absolute Gasteiger partial charge is 0.480 e. The predicted molar refractivity (Wildman–Crippen MR) is 30.8 cm³/mol. The molecule has 1 atom stereocenters. The van der Waals surface area contributed by atoms with Gasteiger partial charge in [0, 0.05) is 6.08 Å². The van der Waals surface area contributed by atoms with Crippen molar-refractivity contribution in [1.82, 2.24) is 0 Å². The highest BCUT2D eigenvalue weighted by atomic mass is 19.4. The smallest absolute Gasteiger partial charge is 0.409 e. The van der Waals surface area contributed by atoms with Gasteiger partial charge in [0.1, 0.15) is 6.04 Å². The fourth-order valence-corrected chi connectivity index (χ4v) is 0.295. The van der Waals surface area contributed by atoms with Crippen molar-refractivity contribution in [3.05, 3.63) is 12.2 Å². The lowest BCUT2D eigenvalue weighted by Crippen LogP contribution is -2.28. The molecule has 0 unspecified atom stereocenters. The molecule has 0 aliphatic heterocycles. The first-order valence-electron chi connectivity index (χ1n) is 2.57. The van der Waals surface area contributed by atoms with Crippen molar-refractivity contribution in [3.63, 3.8) is 0 Å². The van der Waals surface area contributed by atoms with E-state index in [4.69, 9.17) is 10.8 Å². The Balaban J connectivity index is 4.04. The molecule has 3 nitrogen and oxygen atoms in total. The molecule has 0 bridgehead atoms. The molecule has 0 amide bonds. The molecule has 0 aromatic rings. The van der Waals surface area contributed by atoms with Gasteiger partial charge >= 0.3 is 12.1 Å². The summed E-state index contributed by atoms with van der Waals surface area (Å²) in [6.45, 7) is 0. The number of carboxylic acids is 1. The summed E-state index contributed by atoms with van der Waals surface area (Å²) in [6.07, 6.45) is -4.33. The Hall–Kier alpha value is -1.04. The van der Waals surface area contributed by atoms with Gasteiger partial charge in [-0.3, -0.25) is 4.79 Å². The van der Waals surface area contributed by atoms with Crippen LogP contribution in [0.4, 0.5) is 13.2 Å². The number of allylic oxidation sites excluding steroid dienone is 1. The van der Waals surface area contributed by atoms with Gasteiger partial charge in [-0.05, 0) is 0 Å². The zero-order valence-corrected chi connectivity index (χ0v) is 5.30. The van der Waals surface area contributed by atoms with Crippen LogP contribution in [0.2, 0.25) is 0 Å². The number of rotatable bonds is 2. The highest BCUT2D eigenvalue weighted by Gasteiger charge is 2.23. The van der Waals surface area contributed by atoms with Crippen LogP contribution in [0.1, 0.15) is 0 Å².